The summed E-state index contributed by atoms with van der Waals surface area (Å²) in [5, 5.41) is 15.7. The van der Waals surface area contributed by atoms with E-state index in [9.17, 15) is 4.79 Å². The number of thioether (sulfide) groups is 1. The number of carbonyl (C=O) groups excluding carboxylic acids is 1. The lowest BCUT2D eigenvalue weighted by atomic mass is 10.1. The van der Waals surface area contributed by atoms with E-state index < -0.39 is 5.91 Å². The minimum atomic E-state index is -0.479. The molecule has 1 N–H and O–H groups in total. The van der Waals surface area contributed by atoms with E-state index in [4.69, 9.17) is 24.4 Å². The van der Waals surface area contributed by atoms with Gasteiger partial charge < -0.3 is 18.9 Å². The standard InChI is InChI=1S/C26H27BrN4O5S/c1-5-34-21-13-16(11-19-23(28)31-26(29-24(19)32)37-25(30-31)15(2)3)12-20(27)22(21)36-10-9-35-18-8-6-7-17(14-18)33-4/h6-8,11-15,28H,5,9-10H2,1-4H3/b19-11-,28-23?. The first-order chi connectivity index (χ1) is 17.8. The number of aliphatic imine (C=N–C) groups is 1. The Bertz CT molecular complexity index is 1310. The summed E-state index contributed by atoms with van der Waals surface area (Å²) in [6.45, 7) is 6.90. The Hall–Kier alpha value is -3.31. The Morgan fingerprint density at radius 3 is 2.62 bits per heavy atom. The van der Waals surface area contributed by atoms with Crippen molar-refractivity contribution in [1.29, 1.82) is 5.41 Å². The Labute approximate surface area is 228 Å². The second-order valence-corrected chi connectivity index (χ2v) is 10.1. The van der Waals surface area contributed by atoms with Crippen molar-refractivity contribution in [3.63, 3.8) is 0 Å². The molecule has 2 heterocycles. The lowest BCUT2D eigenvalue weighted by Gasteiger charge is -2.20. The van der Waals surface area contributed by atoms with Crippen LogP contribution in [0.15, 0.2) is 56.5 Å². The molecule has 0 spiro atoms. The van der Waals surface area contributed by atoms with Crippen molar-refractivity contribution in [3.8, 4) is 23.0 Å². The van der Waals surface area contributed by atoms with Crippen LogP contribution in [0.25, 0.3) is 6.08 Å². The van der Waals surface area contributed by atoms with Gasteiger partial charge in [0.1, 0.15) is 29.8 Å². The van der Waals surface area contributed by atoms with Crippen molar-refractivity contribution in [3.05, 3.63) is 52.0 Å². The van der Waals surface area contributed by atoms with Crippen molar-refractivity contribution >= 4 is 55.7 Å². The molecule has 11 heteroatoms. The van der Waals surface area contributed by atoms with Gasteiger partial charge in [-0.2, -0.15) is 15.1 Å². The van der Waals surface area contributed by atoms with Gasteiger partial charge in [0.15, 0.2) is 17.3 Å². The number of ether oxygens (including phenoxy) is 4. The molecule has 1 amide bonds. The molecule has 2 aliphatic heterocycles. The lowest BCUT2D eigenvalue weighted by Crippen LogP contribution is -2.35. The number of hydrazone groups is 1. The van der Waals surface area contributed by atoms with Gasteiger partial charge in [-0.25, -0.2) is 0 Å². The molecular formula is C26H27BrN4O5S. The molecule has 0 saturated heterocycles. The fourth-order valence-corrected chi connectivity index (χ4v) is 4.94. The van der Waals surface area contributed by atoms with E-state index in [-0.39, 0.29) is 23.9 Å². The highest BCUT2D eigenvalue weighted by atomic mass is 79.9. The normalized spacial score (nSPS) is 16.1. The summed E-state index contributed by atoms with van der Waals surface area (Å²) >= 11 is 4.87. The van der Waals surface area contributed by atoms with Crippen molar-refractivity contribution in [1.82, 2.24) is 5.01 Å². The molecule has 37 heavy (non-hydrogen) atoms. The van der Waals surface area contributed by atoms with Crippen molar-refractivity contribution in [2.75, 3.05) is 26.9 Å². The molecule has 4 rings (SSSR count). The number of rotatable bonds is 10. The number of halogens is 1. The number of amidine groups is 2. The maximum absolute atomic E-state index is 12.7. The highest BCUT2D eigenvalue weighted by Gasteiger charge is 2.36. The number of amides is 1. The molecule has 2 aliphatic rings. The van der Waals surface area contributed by atoms with Crippen molar-refractivity contribution in [2.24, 2.45) is 16.0 Å². The maximum atomic E-state index is 12.7. The van der Waals surface area contributed by atoms with Crippen LogP contribution in [0.4, 0.5) is 0 Å². The summed E-state index contributed by atoms with van der Waals surface area (Å²) in [6.07, 6.45) is 1.61. The van der Waals surface area contributed by atoms with E-state index in [0.717, 1.165) is 5.04 Å². The Morgan fingerprint density at radius 2 is 1.89 bits per heavy atom. The van der Waals surface area contributed by atoms with Crippen molar-refractivity contribution in [2.45, 2.75) is 20.8 Å². The summed E-state index contributed by atoms with van der Waals surface area (Å²) in [6, 6.07) is 10.9. The van der Waals surface area contributed by atoms with E-state index in [2.05, 4.69) is 26.0 Å². The molecular weight excluding hydrogens is 560 g/mol. The third kappa shape index (κ3) is 6.16. The average Bonchev–Trinajstić information content (AvgIpc) is 3.30. The Balaban J connectivity index is 1.50. The van der Waals surface area contributed by atoms with Crippen LogP contribution in [0, 0.1) is 11.3 Å². The Kier molecular flexibility index (Phi) is 8.55. The summed E-state index contributed by atoms with van der Waals surface area (Å²) in [7, 11) is 1.61. The second-order valence-electron chi connectivity index (χ2n) is 8.25. The SMILES string of the molecule is CCOc1cc(/C=C2/C(=N)N3N=C(C(C)C)SC3=NC2=O)cc(Br)c1OCCOc1cccc(OC)c1. The van der Waals surface area contributed by atoms with Crippen LogP contribution in [0.2, 0.25) is 0 Å². The number of nitrogens with one attached hydrogen (secondary N) is 1. The smallest absolute Gasteiger partial charge is 0.283 e. The topological polar surface area (TPSA) is 106 Å². The highest BCUT2D eigenvalue weighted by Crippen LogP contribution is 2.38. The molecule has 2 aromatic rings. The molecule has 0 saturated carbocycles. The number of benzene rings is 2. The number of nitrogens with zero attached hydrogens (tertiary/aromatic N) is 3. The van der Waals surface area contributed by atoms with Gasteiger partial charge in [-0.05, 0) is 70.5 Å². The van der Waals surface area contributed by atoms with Crippen molar-refractivity contribution < 1.29 is 23.7 Å². The fourth-order valence-electron chi connectivity index (χ4n) is 3.48. The number of carbonyl (C=O) groups is 1. The molecule has 0 fully saturated rings. The zero-order valence-corrected chi connectivity index (χ0v) is 23.3. The summed E-state index contributed by atoms with van der Waals surface area (Å²) in [5.41, 5.74) is 0.801. The third-order valence-corrected chi connectivity index (χ3v) is 7.04. The molecule has 0 aliphatic carbocycles. The van der Waals surface area contributed by atoms with Gasteiger partial charge in [0.2, 0.25) is 5.17 Å². The van der Waals surface area contributed by atoms with Crippen LogP contribution in [-0.2, 0) is 4.79 Å². The molecule has 194 valence electrons. The predicted molar refractivity (Wildman–Crippen MR) is 149 cm³/mol. The van der Waals surface area contributed by atoms with Crippen LogP contribution in [0.5, 0.6) is 23.0 Å². The van der Waals surface area contributed by atoms with Gasteiger partial charge in [-0.15, -0.1) is 0 Å². The van der Waals surface area contributed by atoms with Crippen LogP contribution in [-0.4, -0.2) is 53.9 Å². The number of methoxy groups -OCH3 is 1. The van der Waals surface area contributed by atoms with E-state index in [0.29, 0.717) is 51.4 Å². The number of fused-ring (bicyclic) bond motifs is 1. The van der Waals surface area contributed by atoms with Crippen LogP contribution >= 0.6 is 27.7 Å². The Morgan fingerprint density at radius 1 is 1.14 bits per heavy atom. The molecule has 2 aromatic carbocycles. The van der Waals surface area contributed by atoms with Crippen LogP contribution in [0.3, 0.4) is 0 Å². The van der Waals surface area contributed by atoms with Gasteiger partial charge in [0.05, 0.1) is 23.8 Å². The van der Waals surface area contributed by atoms with Crippen LogP contribution in [0.1, 0.15) is 26.3 Å². The molecule has 0 unspecified atom stereocenters. The lowest BCUT2D eigenvalue weighted by molar-refractivity contribution is -0.114. The first-order valence-electron chi connectivity index (χ1n) is 11.7. The zero-order chi connectivity index (χ0) is 26.5. The third-order valence-electron chi connectivity index (χ3n) is 5.25. The zero-order valence-electron chi connectivity index (χ0n) is 20.9. The fraction of sp³-hybridized carbons (Fsp3) is 0.308. The quantitative estimate of drug-likeness (QED) is 0.285. The minimum Gasteiger partial charge on any atom is -0.497 e. The average molecular weight is 587 g/mol. The van der Waals surface area contributed by atoms with E-state index in [1.54, 1.807) is 31.4 Å². The van der Waals surface area contributed by atoms with E-state index in [1.807, 2.05) is 39.0 Å². The van der Waals surface area contributed by atoms with E-state index in [1.165, 1.54) is 16.8 Å². The van der Waals surface area contributed by atoms with Gasteiger partial charge >= 0.3 is 0 Å². The summed E-state index contributed by atoms with van der Waals surface area (Å²) in [5.74, 6) is 2.10. The highest BCUT2D eigenvalue weighted by molar-refractivity contribution is 9.10. The second kappa shape index (κ2) is 11.8. The van der Waals surface area contributed by atoms with Gasteiger partial charge in [0, 0.05) is 12.0 Å². The molecule has 9 nitrogen and oxygen atoms in total. The van der Waals surface area contributed by atoms with Gasteiger partial charge in [0.25, 0.3) is 5.91 Å². The monoisotopic (exact) mass is 586 g/mol. The van der Waals surface area contributed by atoms with Gasteiger partial charge in [-0.1, -0.05) is 19.9 Å². The number of hydrogen-bond donors (Lipinski definition) is 1. The number of hydrogen-bond acceptors (Lipinski definition) is 8. The molecule has 0 atom stereocenters. The molecule has 0 radical (unpaired) electrons. The molecule has 0 bridgehead atoms. The van der Waals surface area contributed by atoms with Crippen LogP contribution < -0.4 is 18.9 Å². The van der Waals surface area contributed by atoms with Gasteiger partial charge in [-0.3, -0.25) is 10.2 Å². The summed E-state index contributed by atoms with van der Waals surface area (Å²) < 4.78 is 23.4. The largest absolute Gasteiger partial charge is 0.497 e. The predicted octanol–water partition coefficient (Wildman–Crippen LogP) is 5.59. The maximum Gasteiger partial charge on any atom is 0.283 e. The molecule has 0 aromatic heterocycles. The summed E-state index contributed by atoms with van der Waals surface area (Å²) in [4.78, 5) is 16.9. The minimum absolute atomic E-state index is 0.0118. The van der Waals surface area contributed by atoms with E-state index >= 15 is 0 Å². The first kappa shape index (κ1) is 26.7. The first-order valence-corrected chi connectivity index (χ1v) is 13.3.